The van der Waals surface area contributed by atoms with Crippen LogP contribution in [0.25, 0.3) is 10.9 Å². The molecule has 3 heterocycles. The Hall–Kier alpha value is -1.61. The van der Waals surface area contributed by atoms with E-state index in [4.69, 9.17) is 4.98 Å². The average Bonchev–Trinajstić information content (AvgIpc) is 3.08. The minimum Gasteiger partial charge on any atom is -0.356 e. The highest BCUT2D eigenvalue weighted by molar-refractivity contribution is 5.82. The smallest absolute Gasteiger partial charge is 0.132 e. The number of hydrogen-bond donors (Lipinski definition) is 1. The van der Waals surface area contributed by atoms with Crippen molar-refractivity contribution in [1.82, 2.24) is 10.3 Å². The molecule has 98 valence electrons. The second-order valence-corrected chi connectivity index (χ2v) is 5.72. The molecule has 1 fully saturated rings. The van der Waals surface area contributed by atoms with Gasteiger partial charge in [0.2, 0.25) is 0 Å². The number of aromatic nitrogens is 1. The van der Waals surface area contributed by atoms with E-state index in [0.717, 1.165) is 30.9 Å². The second-order valence-electron chi connectivity index (χ2n) is 5.72. The van der Waals surface area contributed by atoms with E-state index in [2.05, 4.69) is 40.5 Å². The molecule has 2 aliphatic heterocycles. The molecule has 2 aromatic rings. The Labute approximate surface area is 113 Å². The first-order valence-corrected chi connectivity index (χ1v) is 7.24. The molecular weight excluding hydrogens is 234 g/mol. The molecule has 1 atom stereocenters. The first kappa shape index (κ1) is 11.2. The van der Waals surface area contributed by atoms with Crippen LogP contribution in [-0.2, 0) is 6.42 Å². The van der Waals surface area contributed by atoms with Crippen LogP contribution >= 0.6 is 0 Å². The van der Waals surface area contributed by atoms with Crippen LogP contribution in [0.3, 0.4) is 0 Å². The van der Waals surface area contributed by atoms with Gasteiger partial charge in [-0.05, 0) is 49.5 Å². The van der Waals surface area contributed by atoms with E-state index in [-0.39, 0.29) is 0 Å². The highest BCUT2D eigenvalue weighted by Crippen LogP contribution is 2.30. The van der Waals surface area contributed by atoms with Gasteiger partial charge >= 0.3 is 0 Å². The molecule has 4 rings (SSSR count). The molecule has 1 N–H and O–H groups in total. The van der Waals surface area contributed by atoms with Gasteiger partial charge in [0.05, 0.1) is 5.52 Å². The Bertz CT molecular complexity index is 602. The van der Waals surface area contributed by atoms with Crippen molar-refractivity contribution in [2.75, 3.05) is 31.1 Å². The van der Waals surface area contributed by atoms with Crippen LogP contribution in [0.4, 0.5) is 5.82 Å². The van der Waals surface area contributed by atoms with Crippen LogP contribution in [-0.4, -0.2) is 31.2 Å². The van der Waals surface area contributed by atoms with E-state index in [1.807, 2.05) is 0 Å². The van der Waals surface area contributed by atoms with E-state index in [9.17, 15) is 0 Å². The van der Waals surface area contributed by atoms with E-state index >= 15 is 0 Å². The summed E-state index contributed by atoms with van der Waals surface area (Å²) in [7, 11) is 0. The Morgan fingerprint density at radius 2 is 2.26 bits per heavy atom. The fourth-order valence-electron chi connectivity index (χ4n) is 3.33. The third kappa shape index (κ3) is 1.98. The fraction of sp³-hybridized carbons (Fsp3) is 0.438. The number of nitrogens with zero attached hydrogens (tertiary/aromatic N) is 2. The SMILES string of the molecule is c1ccc2nc3c(cc2c1)CCN3CC1CCNC1. The summed E-state index contributed by atoms with van der Waals surface area (Å²) in [4.78, 5) is 7.37. The Kier molecular flexibility index (Phi) is 2.66. The van der Waals surface area contributed by atoms with Crippen molar-refractivity contribution < 1.29 is 0 Å². The largest absolute Gasteiger partial charge is 0.356 e. The number of para-hydroxylation sites is 1. The zero-order chi connectivity index (χ0) is 12.7. The quantitative estimate of drug-likeness (QED) is 0.889. The number of pyridine rings is 1. The summed E-state index contributed by atoms with van der Waals surface area (Å²) in [5, 5.41) is 4.72. The van der Waals surface area contributed by atoms with E-state index in [1.54, 1.807) is 0 Å². The van der Waals surface area contributed by atoms with Crippen LogP contribution in [0.15, 0.2) is 30.3 Å². The summed E-state index contributed by atoms with van der Waals surface area (Å²) >= 11 is 0. The van der Waals surface area contributed by atoms with Gasteiger partial charge in [-0.2, -0.15) is 0 Å². The maximum Gasteiger partial charge on any atom is 0.132 e. The molecule has 0 aliphatic carbocycles. The summed E-state index contributed by atoms with van der Waals surface area (Å²) < 4.78 is 0. The molecule has 0 amide bonds. The standard InChI is InChI=1S/C16H19N3/c1-2-4-15-13(3-1)9-14-6-8-19(16(14)18-15)11-12-5-7-17-10-12/h1-4,9,12,17H,5-8,10-11H2. The van der Waals surface area contributed by atoms with Crippen LogP contribution in [0.2, 0.25) is 0 Å². The summed E-state index contributed by atoms with van der Waals surface area (Å²) in [5.41, 5.74) is 2.54. The zero-order valence-corrected chi connectivity index (χ0v) is 11.1. The van der Waals surface area contributed by atoms with Crippen LogP contribution in [0.1, 0.15) is 12.0 Å². The zero-order valence-electron chi connectivity index (χ0n) is 11.1. The fourth-order valence-corrected chi connectivity index (χ4v) is 3.33. The second kappa shape index (κ2) is 4.49. The molecule has 1 saturated heterocycles. The minimum absolute atomic E-state index is 0.791. The van der Waals surface area contributed by atoms with Crippen molar-refractivity contribution >= 4 is 16.7 Å². The molecule has 1 unspecified atom stereocenters. The topological polar surface area (TPSA) is 28.2 Å². The van der Waals surface area contributed by atoms with Crippen molar-refractivity contribution in [3.63, 3.8) is 0 Å². The minimum atomic E-state index is 0.791. The maximum atomic E-state index is 4.88. The molecule has 2 aliphatic rings. The van der Waals surface area contributed by atoms with Crippen molar-refractivity contribution in [3.05, 3.63) is 35.9 Å². The lowest BCUT2D eigenvalue weighted by Gasteiger charge is -2.22. The van der Waals surface area contributed by atoms with Crippen LogP contribution < -0.4 is 10.2 Å². The first-order valence-electron chi connectivity index (χ1n) is 7.24. The van der Waals surface area contributed by atoms with E-state index in [0.29, 0.717) is 0 Å². The lowest BCUT2D eigenvalue weighted by Crippen LogP contribution is -2.29. The predicted molar refractivity (Wildman–Crippen MR) is 78.6 cm³/mol. The number of fused-ring (bicyclic) bond motifs is 2. The monoisotopic (exact) mass is 253 g/mol. The first-order chi connectivity index (χ1) is 9.40. The van der Waals surface area contributed by atoms with Crippen molar-refractivity contribution in [2.24, 2.45) is 5.92 Å². The van der Waals surface area contributed by atoms with Gasteiger partial charge in [-0.15, -0.1) is 0 Å². The highest BCUT2D eigenvalue weighted by Gasteiger charge is 2.25. The van der Waals surface area contributed by atoms with Crippen LogP contribution in [0.5, 0.6) is 0 Å². The normalized spacial score (nSPS) is 22.1. The third-order valence-electron chi connectivity index (χ3n) is 4.37. The van der Waals surface area contributed by atoms with E-state index < -0.39 is 0 Å². The van der Waals surface area contributed by atoms with Crippen molar-refractivity contribution in [1.29, 1.82) is 0 Å². The average molecular weight is 253 g/mol. The van der Waals surface area contributed by atoms with Crippen LogP contribution in [0, 0.1) is 5.92 Å². The Morgan fingerprint density at radius 1 is 1.32 bits per heavy atom. The molecule has 0 radical (unpaired) electrons. The Balaban J connectivity index is 1.67. The molecule has 0 bridgehead atoms. The van der Waals surface area contributed by atoms with Gasteiger partial charge in [0, 0.05) is 18.5 Å². The lowest BCUT2D eigenvalue weighted by molar-refractivity contribution is 0.565. The molecule has 3 heteroatoms. The summed E-state index contributed by atoms with van der Waals surface area (Å²) in [5.74, 6) is 2.02. The molecule has 1 aromatic heterocycles. The molecule has 1 aromatic carbocycles. The van der Waals surface area contributed by atoms with E-state index in [1.165, 1.54) is 36.3 Å². The van der Waals surface area contributed by atoms with Crippen molar-refractivity contribution in [3.8, 4) is 0 Å². The maximum absolute atomic E-state index is 4.88. The number of hydrogen-bond acceptors (Lipinski definition) is 3. The summed E-state index contributed by atoms with van der Waals surface area (Å²) in [6, 6.07) is 10.8. The Morgan fingerprint density at radius 3 is 3.16 bits per heavy atom. The van der Waals surface area contributed by atoms with Gasteiger partial charge in [-0.1, -0.05) is 18.2 Å². The number of nitrogens with one attached hydrogen (secondary N) is 1. The predicted octanol–water partition coefficient (Wildman–Crippen LogP) is 2.21. The van der Waals surface area contributed by atoms with Gasteiger partial charge < -0.3 is 10.2 Å². The number of anilines is 1. The van der Waals surface area contributed by atoms with Gasteiger partial charge in [0.25, 0.3) is 0 Å². The molecule has 0 spiro atoms. The van der Waals surface area contributed by atoms with Gasteiger partial charge in [0.1, 0.15) is 5.82 Å². The van der Waals surface area contributed by atoms with Crippen molar-refractivity contribution in [2.45, 2.75) is 12.8 Å². The van der Waals surface area contributed by atoms with Gasteiger partial charge in [-0.25, -0.2) is 4.98 Å². The lowest BCUT2D eigenvalue weighted by atomic mass is 10.1. The number of benzene rings is 1. The molecular formula is C16H19N3. The summed E-state index contributed by atoms with van der Waals surface area (Å²) in [6.07, 6.45) is 2.45. The van der Waals surface area contributed by atoms with Gasteiger partial charge in [-0.3, -0.25) is 0 Å². The third-order valence-corrected chi connectivity index (χ3v) is 4.37. The molecule has 3 nitrogen and oxygen atoms in total. The summed E-state index contributed by atoms with van der Waals surface area (Å²) in [6.45, 7) is 4.64. The molecule has 19 heavy (non-hydrogen) atoms. The van der Waals surface area contributed by atoms with Gasteiger partial charge in [0.15, 0.2) is 0 Å². The molecule has 0 saturated carbocycles. The highest BCUT2D eigenvalue weighted by atomic mass is 15.2. The number of rotatable bonds is 2.